The molecular weight excluding hydrogens is 459 g/mol. The van der Waals surface area contributed by atoms with E-state index >= 15 is 0 Å². The Morgan fingerprint density at radius 1 is 1.26 bits per heavy atom. The molecule has 1 fully saturated rings. The number of likely N-dealkylation sites (N-methyl/N-ethyl adjacent to an activating group) is 1. The van der Waals surface area contributed by atoms with E-state index in [0.29, 0.717) is 18.5 Å². The van der Waals surface area contributed by atoms with Crippen LogP contribution in [0.2, 0.25) is 0 Å². The van der Waals surface area contributed by atoms with Crippen LogP contribution in [-0.4, -0.2) is 69.5 Å². The number of aliphatic imine (C=N–C) groups is 1. The van der Waals surface area contributed by atoms with Gasteiger partial charge in [-0.15, -0.1) is 24.0 Å². The molecule has 0 aromatic carbocycles. The standard InChI is InChI=1S/C19H38N4O3.HI/c1-7-20-16(22-15-19(9-8-10-19)11-14-25-6)21-12-13-23(5)17(24)26-18(2,3)4;/h7-15H2,1-6H3,(H2,20,21,22);1H. The van der Waals surface area contributed by atoms with Crippen molar-refractivity contribution in [1.82, 2.24) is 15.5 Å². The quantitative estimate of drug-likeness (QED) is 0.290. The molecular formula is C19H39IN4O3. The monoisotopic (exact) mass is 498 g/mol. The van der Waals surface area contributed by atoms with Gasteiger partial charge in [-0.3, -0.25) is 4.99 Å². The molecule has 27 heavy (non-hydrogen) atoms. The average Bonchev–Trinajstić information content (AvgIpc) is 2.51. The number of halogens is 1. The fourth-order valence-electron chi connectivity index (χ4n) is 2.84. The summed E-state index contributed by atoms with van der Waals surface area (Å²) in [6.07, 6.45) is 4.48. The third kappa shape index (κ3) is 10.4. The maximum Gasteiger partial charge on any atom is 0.410 e. The summed E-state index contributed by atoms with van der Waals surface area (Å²) in [5, 5.41) is 6.58. The molecule has 8 heteroatoms. The number of nitrogens with one attached hydrogen (secondary N) is 2. The molecule has 0 heterocycles. The van der Waals surface area contributed by atoms with Gasteiger partial charge in [-0.25, -0.2) is 4.79 Å². The van der Waals surface area contributed by atoms with E-state index in [9.17, 15) is 4.79 Å². The van der Waals surface area contributed by atoms with E-state index in [1.807, 2.05) is 27.7 Å². The second-order valence-electron chi connectivity index (χ2n) is 8.12. The number of rotatable bonds is 9. The maximum atomic E-state index is 12.0. The molecule has 1 aliphatic carbocycles. The zero-order valence-corrected chi connectivity index (χ0v) is 20.2. The van der Waals surface area contributed by atoms with Crippen molar-refractivity contribution in [1.29, 1.82) is 0 Å². The summed E-state index contributed by atoms with van der Waals surface area (Å²) >= 11 is 0. The van der Waals surface area contributed by atoms with Crippen LogP contribution in [0.15, 0.2) is 4.99 Å². The van der Waals surface area contributed by atoms with Crippen LogP contribution in [0.3, 0.4) is 0 Å². The molecule has 0 spiro atoms. The number of amides is 1. The normalized spacial score (nSPS) is 16.0. The number of carbonyl (C=O) groups is 1. The Kier molecular flexibility index (Phi) is 12.3. The van der Waals surface area contributed by atoms with Gasteiger partial charge in [0.25, 0.3) is 0 Å². The molecule has 1 amide bonds. The van der Waals surface area contributed by atoms with Crippen molar-refractivity contribution in [2.75, 3.05) is 46.9 Å². The predicted octanol–water partition coefficient (Wildman–Crippen LogP) is 3.23. The Bertz CT molecular complexity index is 462. The second-order valence-corrected chi connectivity index (χ2v) is 8.12. The van der Waals surface area contributed by atoms with E-state index < -0.39 is 5.60 Å². The number of nitrogens with zero attached hydrogens (tertiary/aromatic N) is 2. The van der Waals surface area contributed by atoms with E-state index in [1.165, 1.54) is 19.3 Å². The van der Waals surface area contributed by atoms with Crippen LogP contribution in [0.5, 0.6) is 0 Å². The number of methoxy groups -OCH3 is 1. The van der Waals surface area contributed by atoms with Gasteiger partial charge in [0, 0.05) is 46.9 Å². The minimum atomic E-state index is -0.478. The van der Waals surface area contributed by atoms with Crippen LogP contribution in [0.25, 0.3) is 0 Å². The summed E-state index contributed by atoms with van der Waals surface area (Å²) in [4.78, 5) is 18.3. The highest BCUT2D eigenvalue weighted by atomic mass is 127. The fraction of sp³-hybridized carbons (Fsp3) is 0.895. The molecule has 0 aromatic heterocycles. The molecule has 0 unspecified atom stereocenters. The summed E-state index contributed by atoms with van der Waals surface area (Å²) in [6.45, 7) is 11.2. The lowest BCUT2D eigenvalue weighted by Gasteiger charge is -2.40. The van der Waals surface area contributed by atoms with Crippen LogP contribution < -0.4 is 10.6 Å². The first kappa shape index (κ1) is 26.2. The minimum absolute atomic E-state index is 0. The first-order valence-corrected chi connectivity index (χ1v) is 9.66. The van der Waals surface area contributed by atoms with Gasteiger partial charge in [0.1, 0.15) is 5.60 Å². The fourth-order valence-corrected chi connectivity index (χ4v) is 2.84. The molecule has 0 aromatic rings. The smallest absolute Gasteiger partial charge is 0.410 e. The topological polar surface area (TPSA) is 75.2 Å². The zero-order chi connectivity index (χ0) is 19.6. The Morgan fingerprint density at radius 2 is 1.93 bits per heavy atom. The summed E-state index contributed by atoms with van der Waals surface area (Å²) in [6, 6.07) is 0. The molecule has 7 nitrogen and oxygen atoms in total. The lowest BCUT2D eigenvalue weighted by molar-refractivity contribution is 0.0302. The third-order valence-electron chi connectivity index (χ3n) is 4.61. The lowest BCUT2D eigenvalue weighted by Crippen LogP contribution is -2.44. The first-order valence-electron chi connectivity index (χ1n) is 9.66. The zero-order valence-electron chi connectivity index (χ0n) is 17.9. The molecule has 1 rings (SSSR count). The molecule has 1 aliphatic rings. The molecule has 0 aliphatic heterocycles. The average molecular weight is 498 g/mol. The molecule has 2 N–H and O–H groups in total. The van der Waals surface area contributed by atoms with Crippen LogP contribution in [0.1, 0.15) is 53.4 Å². The number of ether oxygens (including phenoxy) is 2. The highest BCUT2D eigenvalue weighted by Gasteiger charge is 2.36. The van der Waals surface area contributed by atoms with Crippen molar-refractivity contribution in [3.63, 3.8) is 0 Å². The number of carbonyl (C=O) groups excluding carboxylic acids is 1. The maximum absolute atomic E-state index is 12.0. The third-order valence-corrected chi connectivity index (χ3v) is 4.61. The Hall–Kier alpha value is -0.770. The van der Waals surface area contributed by atoms with Gasteiger partial charge in [0.15, 0.2) is 5.96 Å². The second kappa shape index (κ2) is 12.6. The first-order chi connectivity index (χ1) is 12.2. The molecule has 1 saturated carbocycles. The molecule has 0 bridgehead atoms. The van der Waals surface area contributed by atoms with Crippen molar-refractivity contribution in [3.8, 4) is 0 Å². The highest BCUT2D eigenvalue weighted by molar-refractivity contribution is 14.0. The van der Waals surface area contributed by atoms with Gasteiger partial charge in [0.05, 0.1) is 0 Å². The molecule has 160 valence electrons. The van der Waals surface area contributed by atoms with Crippen LogP contribution in [0.4, 0.5) is 4.79 Å². The summed E-state index contributed by atoms with van der Waals surface area (Å²) in [5.74, 6) is 0.800. The Morgan fingerprint density at radius 3 is 2.41 bits per heavy atom. The number of guanidine groups is 1. The van der Waals surface area contributed by atoms with Gasteiger partial charge in [-0.1, -0.05) is 6.42 Å². The van der Waals surface area contributed by atoms with E-state index in [4.69, 9.17) is 14.5 Å². The molecule has 0 atom stereocenters. The molecule has 0 saturated heterocycles. The summed E-state index contributed by atoms with van der Waals surface area (Å²) < 4.78 is 10.6. The largest absolute Gasteiger partial charge is 0.444 e. The van der Waals surface area contributed by atoms with Crippen LogP contribution in [0, 0.1) is 5.41 Å². The number of hydrogen-bond donors (Lipinski definition) is 2. The van der Waals surface area contributed by atoms with Crippen molar-refractivity contribution in [2.45, 2.75) is 59.0 Å². The van der Waals surface area contributed by atoms with Crippen molar-refractivity contribution < 1.29 is 14.3 Å². The van der Waals surface area contributed by atoms with Crippen LogP contribution >= 0.6 is 24.0 Å². The highest BCUT2D eigenvalue weighted by Crippen LogP contribution is 2.44. The van der Waals surface area contributed by atoms with Gasteiger partial charge in [0.2, 0.25) is 0 Å². The van der Waals surface area contributed by atoms with E-state index in [2.05, 4.69) is 10.6 Å². The van der Waals surface area contributed by atoms with Crippen molar-refractivity contribution >= 4 is 36.0 Å². The van der Waals surface area contributed by atoms with Crippen molar-refractivity contribution in [2.24, 2.45) is 10.4 Å². The van der Waals surface area contributed by atoms with Gasteiger partial charge in [-0.2, -0.15) is 0 Å². The van der Waals surface area contributed by atoms with E-state index in [-0.39, 0.29) is 30.1 Å². The van der Waals surface area contributed by atoms with Gasteiger partial charge < -0.3 is 25.0 Å². The minimum Gasteiger partial charge on any atom is -0.444 e. The number of hydrogen-bond acceptors (Lipinski definition) is 4. The Labute approximate surface area is 182 Å². The van der Waals surface area contributed by atoms with E-state index in [1.54, 1.807) is 19.1 Å². The predicted molar refractivity (Wildman–Crippen MR) is 121 cm³/mol. The summed E-state index contributed by atoms with van der Waals surface area (Å²) in [7, 11) is 3.50. The van der Waals surface area contributed by atoms with Crippen molar-refractivity contribution in [3.05, 3.63) is 0 Å². The lowest BCUT2D eigenvalue weighted by atomic mass is 9.67. The Balaban J connectivity index is 0.00000676. The summed E-state index contributed by atoms with van der Waals surface area (Å²) in [5.41, 5.74) is -0.180. The SMILES string of the molecule is CCNC(=NCC1(CCOC)CCC1)NCCN(C)C(=O)OC(C)(C)C.I. The van der Waals surface area contributed by atoms with Crippen LogP contribution in [-0.2, 0) is 9.47 Å². The van der Waals surface area contributed by atoms with Gasteiger partial charge >= 0.3 is 6.09 Å². The van der Waals surface area contributed by atoms with E-state index in [0.717, 1.165) is 32.1 Å². The molecule has 0 radical (unpaired) electrons. The van der Waals surface area contributed by atoms with Gasteiger partial charge in [-0.05, 0) is 52.4 Å².